The van der Waals surface area contributed by atoms with Crippen molar-refractivity contribution >= 4 is 0 Å². The van der Waals surface area contributed by atoms with Gasteiger partial charge in [0.1, 0.15) is 0 Å². The number of hydrogen-bond acceptors (Lipinski definition) is 1. The third-order valence-corrected chi connectivity index (χ3v) is 8.21. The molecule has 1 heteroatoms. The van der Waals surface area contributed by atoms with Gasteiger partial charge in [-0.1, -0.05) is 115 Å². The van der Waals surface area contributed by atoms with E-state index in [1.54, 1.807) is 0 Å². The topological polar surface area (TPSA) is 12.9 Å². The lowest BCUT2D eigenvalue weighted by Gasteiger charge is -2.30. The number of pyridine rings is 1. The maximum Gasteiger partial charge on any atom is 0.0725 e. The molecule has 0 fully saturated rings. The number of aromatic nitrogens is 1. The van der Waals surface area contributed by atoms with Crippen molar-refractivity contribution in [2.24, 2.45) is 0 Å². The molecule has 6 aromatic rings. The molecule has 2 aliphatic carbocycles. The molecule has 0 saturated carbocycles. The molecule has 0 bridgehead atoms. The Labute approximate surface area is 216 Å². The summed E-state index contributed by atoms with van der Waals surface area (Å²) in [6.07, 6.45) is 3.78. The normalized spacial score (nSPS) is 13.6. The second-order valence-electron chi connectivity index (χ2n) is 9.93. The summed E-state index contributed by atoms with van der Waals surface area (Å²) < 4.78 is 0. The molecule has 1 aromatic heterocycles. The maximum absolute atomic E-state index is 4.39. The molecule has 0 unspecified atom stereocenters. The van der Waals surface area contributed by atoms with Crippen molar-refractivity contribution in [2.75, 3.05) is 0 Å². The lowest BCUT2D eigenvalue weighted by Crippen LogP contribution is -2.25. The highest BCUT2D eigenvalue weighted by atomic mass is 14.6. The van der Waals surface area contributed by atoms with Gasteiger partial charge in [-0.05, 0) is 73.3 Å². The van der Waals surface area contributed by atoms with Gasteiger partial charge in [0.05, 0.1) is 5.41 Å². The molecule has 0 saturated heterocycles. The quantitative estimate of drug-likeness (QED) is 0.247. The van der Waals surface area contributed by atoms with Crippen LogP contribution in [0.1, 0.15) is 22.3 Å². The van der Waals surface area contributed by atoms with Gasteiger partial charge in [-0.2, -0.15) is 0 Å². The largest absolute Gasteiger partial charge is 0.264 e. The van der Waals surface area contributed by atoms with Crippen molar-refractivity contribution in [1.82, 2.24) is 4.98 Å². The van der Waals surface area contributed by atoms with Crippen LogP contribution in [0.4, 0.5) is 0 Å². The van der Waals surface area contributed by atoms with Crippen molar-refractivity contribution in [3.8, 4) is 44.5 Å². The number of nitrogens with zero attached hydrogens (tertiary/aromatic N) is 1. The Hall–Kier alpha value is -4.75. The predicted octanol–water partition coefficient (Wildman–Crippen LogP) is 8.76. The first kappa shape index (κ1) is 20.4. The Balaban J connectivity index is 1.46. The van der Waals surface area contributed by atoms with Gasteiger partial charge in [0, 0.05) is 18.0 Å². The summed E-state index contributed by atoms with van der Waals surface area (Å²) in [5.41, 5.74) is 15.3. The van der Waals surface area contributed by atoms with Crippen LogP contribution in [0.15, 0.2) is 140 Å². The summed E-state index contributed by atoms with van der Waals surface area (Å²) in [5.74, 6) is 0. The van der Waals surface area contributed by atoms with E-state index in [9.17, 15) is 0 Å². The fraction of sp³-hybridized carbons (Fsp3) is 0.0278. The summed E-state index contributed by atoms with van der Waals surface area (Å²) in [6, 6.07) is 46.8. The van der Waals surface area contributed by atoms with Crippen molar-refractivity contribution in [2.45, 2.75) is 5.41 Å². The predicted molar refractivity (Wildman–Crippen MR) is 151 cm³/mol. The Morgan fingerprint density at radius 2 is 0.865 bits per heavy atom. The lowest BCUT2D eigenvalue weighted by molar-refractivity contribution is 0.794. The van der Waals surface area contributed by atoms with Crippen LogP contribution in [0.2, 0.25) is 0 Å². The average molecular weight is 470 g/mol. The molecule has 0 amide bonds. The summed E-state index contributed by atoms with van der Waals surface area (Å²) in [5, 5.41) is 0. The van der Waals surface area contributed by atoms with Crippen LogP contribution in [0, 0.1) is 0 Å². The standard InChI is InChI=1S/C36H23N/c1-2-12-27(25-10-9-21-37-23-25)26(11-1)24-19-20-31-30-15-5-8-18-34(30)36(35(31)22-24)32-16-6-3-13-28(32)29-14-4-7-17-33(29)36/h1-23H. The molecule has 0 N–H and O–H groups in total. The Bertz CT molecular complexity index is 1770. The van der Waals surface area contributed by atoms with Crippen LogP contribution in [0.25, 0.3) is 44.5 Å². The van der Waals surface area contributed by atoms with Crippen molar-refractivity contribution in [3.63, 3.8) is 0 Å². The molecule has 0 atom stereocenters. The van der Waals surface area contributed by atoms with Gasteiger partial charge in [0.2, 0.25) is 0 Å². The molecule has 1 spiro atoms. The third-order valence-electron chi connectivity index (χ3n) is 8.21. The van der Waals surface area contributed by atoms with Crippen LogP contribution >= 0.6 is 0 Å². The zero-order chi connectivity index (χ0) is 24.4. The van der Waals surface area contributed by atoms with E-state index < -0.39 is 0 Å². The zero-order valence-electron chi connectivity index (χ0n) is 20.2. The molecule has 37 heavy (non-hydrogen) atoms. The molecular weight excluding hydrogens is 446 g/mol. The lowest BCUT2D eigenvalue weighted by atomic mass is 9.70. The van der Waals surface area contributed by atoms with Gasteiger partial charge in [0.15, 0.2) is 0 Å². The Kier molecular flexibility index (Phi) is 4.21. The van der Waals surface area contributed by atoms with E-state index in [0.29, 0.717) is 0 Å². The monoisotopic (exact) mass is 469 g/mol. The Morgan fingerprint density at radius 1 is 0.378 bits per heavy atom. The highest BCUT2D eigenvalue weighted by molar-refractivity contribution is 5.96. The van der Waals surface area contributed by atoms with E-state index in [1.807, 2.05) is 18.5 Å². The molecule has 1 heterocycles. The minimum atomic E-state index is -0.321. The third kappa shape index (κ3) is 2.66. The highest BCUT2D eigenvalue weighted by Crippen LogP contribution is 2.63. The van der Waals surface area contributed by atoms with Gasteiger partial charge < -0.3 is 0 Å². The van der Waals surface area contributed by atoms with E-state index >= 15 is 0 Å². The first-order valence-corrected chi connectivity index (χ1v) is 12.8. The van der Waals surface area contributed by atoms with E-state index in [-0.39, 0.29) is 5.41 Å². The smallest absolute Gasteiger partial charge is 0.0725 e. The van der Waals surface area contributed by atoms with Crippen LogP contribution in [0.3, 0.4) is 0 Å². The maximum atomic E-state index is 4.39. The zero-order valence-corrected chi connectivity index (χ0v) is 20.2. The van der Waals surface area contributed by atoms with E-state index in [4.69, 9.17) is 0 Å². The SMILES string of the molecule is c1cncc(-c2ccccc2-c2ccc3c(c2)C2(c4ccccc4-c4ccccc42)c2ccccc2-3)c1. The molecule has 0 radical (unpaired) electrons. The Morgan fingerprint density at radius 3 is 1.41 bits per heavy atom. The molecular formula is C36H23N. The summed E-state index contributed by atoms with van der Waals surface area (Å²) in [7, 11) is 0. The summed E-state index contributed by atoms with van der Waals surface area (Å²) in [4.78, 5) is 4.39. The van der Waals surface area contributed by atoms with Gasteiger partial charge in [-0.15, -0.1) is 0 Å². The molecule has 172 valence electrons. The fourth-order valence-electron chi connectivity index (χ4n) is 6.77. The van der Waals surface area contributed by atoms with Crippen LogP contribution in [-0.2, 0) is 5.41 Å². The second-order valence-corrected chi connectivity index (χ2v) is 9.93. The molecule has 2 aliphatic rings. The van der Waals surface area contributed by atoms with Crippen molar-refractivity contribution < 1.29 is 0 Å². The van der Waals surface area contributed by atoms with Crippen LogP contribution < -0.4 is 0 Å². The number of rotatable bonds is 2. The first-order chi connectivity index (χ1) is 18.4. The van der Waals surface area contributed by atoms with E-state index in [2.05, 4.69) is 126 Å². The number of hydrogen-bond donors (Lipinski definition) is 0. The minimum absolute atomic E-state index is 0.321. The van der Waals surface area contributed by atoms with E-state index in [0.717, 1.165) is 5.56 Å². The van der Waals surface area contributed by atoms with Gasteiger partial charge in [-0.25, -0.2) is 0 Å². The second kappa shape index (κ2) is 7.62. The number of benzene rings is 5. The van der Waals surface area contributed by atoms with Gasteiger partial charge in [0.25, 0.3) is 0 Å². The van der Waals surface area contributed by atoms with Gasteiger partial charge >= 0.3 is 0 Å². The molecule has 0 aliphatic heterocycles. The first-order valence-electron chi connectivity index (χ1n) is 12.8. The fourth-order valence-corrected chi connectivity index (χ4v) is 6.77. The van der Waals surface area contributed by atoms with Gasteiger partial charge in [-0.3, -0.25) is 4.98 Å². The average Bonchev–Trinajstić information content (AvgIpc) is 3.45. The van der Waals surface area contributed by atoms with Crippen molar-refractivity contribution in [1.29, 1.82) is 0 Å². The van der Waals surface area contributed by atoms with E-state index in [1.165, 1.54) is 61.2 Å². The van der Waals surface area contributed by atoms with Crippen LogP contribution in [-0.4, -0.2) is 4.98 Å². The minimum Gasteiger partial charge on any atom is -0.264 e. The number of fused-ring (bicyclic) bond motifs is 10. The molecule has 5 aromatic carbocycles. The summed E-state index contributed by atoms with van der Waals surface area (Å²) >= 11 is 0. The van der Waals surface area contributed by atoms with Crippen LogP contribution in [0.5, 0.6) is 0 Å². The molecule has 8 rings (SSSR count). The molecule has 1 nitrogen and oxygen atoms in total. The van der Waals surface area contributed by atoms with Crippen molar-refractivity contribution in [3.05, 3.63) is 162 Å². The highest BCUT2D eigenvalue weighted by Gasteiger charge is 2.51. The summed E-state index contributed by atoms with van der Waals surface area (Å²) in [6.45, 7) is 0.